The molecule has 1 heterocycles. The molecule has 0 saturated carbocycles. The van der Waals surface area contributed by atoms with E-state index < -0.39 is 27.1 Å². The van der Waals surface area contributed by atoms with Gasteiger partial charge in [-0.2, -0.15) is 5.26 Å². The first-order valence-corrected chi connectivity index (χ1v) is 9.32. The molecule has 0 unspecified atom stereocenters. The molecule has 2 aromatic rings. The van der Waals surface area contributed by atoms with Crippen molar-refractivity contribution in [2.24, 2.45) is 0 Å². The molecule has 10 nitrogen and oxygen atoms in total. The number of nitrogens with zero attached hydrogens (tertiary/aromatic N) is 5. The van der Waals surface area contributed by atoms with E-state index in [9.17, 15) is 25.0 Å². The molecule has 0 aliphatic carbocycles. The minimum atomic E-state index is -0.745. The minimum absolute atomic E-state index is 0.0588. The maximum absolute atomic E-state index is 12.9. The zero-order valence-electron chi connectivity index (χ0n) is 16.1. The molecule has 1 aliphatic rings. The van der Waals surface area contributed by atoms with Gasteiger partial charge in [0.1, 0.15) is 0 Å². The zero-order chi connectivity index (χ0) is 21.7. The largest absolute Gasteiger partial charge is 0.337 e. The number of benzene rings is 2. The zero-order valence-corrected chi connectivity index (χ0v) is 16.1. The van der Waals surface area contributed by atoms with Crippen molar-refractivity contribution >= 4 is 17.3 Å². The summed E-state index contributed by atoms with van der Waals surface area (Å²) in [7, 11) is 0. The van der Waals surface area contributed by atoms with Gasteiger partial charge in [0.05, 0.1) is 33.1 Å². The van der Waals surface area contributed by atoms with Crippen molar-refractivity contribution in [1.29, 1.82) is 5.26 Å². The Hall–Kier alpha value is -3.84. The quantitative estimate of drug-likeness (QED) is 0.547. The molecule has 0 spiro atoms. The highest BCUT2D eigenvalue weighted by Gasteiger charge is 2.25. The van der Waals surface area contributed by atoms with E-state index in [4.69, 9.17) is 5.26 Å². The summed E-state index contributed by atoms with van der Waals surface area (Å²) in [5, 5.41) is 31.0. The Kier molecular flexibility index (Phi) is 6.34. The van der Waals surface area contributed by atoms with Crippen LogP contribution in [0.5, 0.6) is 0 Å². The molecule has 0 atom stereocenters. The Morgan fingerprint density at radius 3 is 2.17 bits per heavy atom. The van der Waals surface area contributed by atoms with Crippen molar-refractivity contribution in [3.8, 4) is 6.07 Å². The SMILES string of the molecule is N#Cc1ccc(CN2CCCN(C(=O)c3cc([N+](=O)[O-])cc([N+](=O)[O-])c3)CC2)cc1. The van der Waals surface area contributed by atoms with Crippen LogP contribution >= 0.6 is 0 Å². The average Bonchev–Trinajstić information content (AvgIpc) is 2.99. The van der Waals surface area contributed by atoms with E-state index in [0.717, 1.165) is 30.3 Å². The van der Waals surface area contributed by atoms with Crippen molar-refractivity contribution in [2.75, 3.05) is 26.2 Å². The van der Waals surface area contributed by atoms with Gasteiger partial charge < -0.3 is 4.90 Å². The summed E-state index contributed by atoms with van der Waals surface area (Å²) in [5.74, 6) is -0.456. The third kappa shape index (κ3) is 4.95. The van der Waals surface area contributed by atoms with E-state index in [-0.39, 0.29) is 5.56 Å². The second-order valence-corrected chi connectivity index (χ2v) is 6.98. The molecule has 0 N–H and O–H groups in total. The third-order valence-electron chi connectivity index (χ3n) is 4.94. The number of nitro groups is 2. The molecular formula is C20H19N5O5. The van der Waals surface area contributed by atoms with Gasteiger partial charge in [-0.05, 0) is 24.1 Å². The van der Waals surface area contributed by atoms with Crippen LogP contribution in [0.3, 0.4) is 0 Å². The van der Waals surface area contributed by atoms with Crippen LogP contribution in [0.2, 0.25) is 0 Å². The molecule has 0 bridgehead atoms. The van der Waals surface area contributed by atoms with Crippen LogP contribution in [0, 0.1) is 31.6 Å². The molecule has 10 heteroatoms. The lowest BCUT2D eigenvalue weighted by Crippen LogP contribution is -2.35. The smallest absolute Gasteiger partial charge is 0.277 e. The molecule has 3 rings (SSSR count). The first-order valence-electron chi connectivity index (χ1n) is 9.32. The summed E-state index contributed by atoms with van der Waals surface area (Å²) in [6, 6.07) is 12.4. The van der Waals surface area contributed by atoms with Gasteiger partial charge in [-0.25, -0.2) is 0 Å². The maximum atomic E-state index is 12.9. The van der Waals surface area contributed by atoms with Gasteiger partial charge in [0.25, 0.3) is 17.3 Å². The Labute approximate surface area is 172 Å². The Morgan fingerprint density at radius 2 is 1.60 bits per heavy atom. The summed E-state index contributed by atoms with van der Waals surface area (Å²) >= 11 is 0. The fraction of sp³-hybridized carbons (Fsp3) is 0.300. The number of hydrogen-bond acceptors (Lipinski definition) is 7. The van der Waals surface area contributed by atoms with E-state index in [0.29, 0.717) is 38.2 Å². The normalized spacial score (nSPS) is 14.6. The summed E-state index contributed by atoms with van der Waals surface area (Å²) in [4.78, 5) is 37.3. The van der Waals surface area contributed by atoms with Crippen molar-refractivity contribution in [2.45, 2.75) is 13.0 Å². The Balaban J connectivity index is 1.70. The standard InChI is InChI=1S/C20H19N5O5/c21-13-15-2-4-16(5-3-15)14-22-6-1-7-23(9-8-22)20(26)17-10-18(24(27)28)12-19(11-17)25(29)30/h2-5,10-12H,1,6-9,14H2. The molecule has 1 fully saturated rings. The van der Waals surface area contributed by atoms with Crippen molar-refractivity contribution < 1.29 is 14.6 Å². The van der Waals surface area contributed by atoms with Crippen molar-refractivity contribution in [3.05, 3.63) is 79.4 Å². The number of hydrogen-bond donors (Lipinski definition) is 0. The molecule has 30 heavy (non-hydrogen) atoms. The second-order valence-electron chi connectivity index (χ2n) is 6.98. The number of rotatable bonds is 5. The summed E-state index contributed by atoms with van der Waals surface area (Å²) in [5.41, 5.74) is 0.631. The van der Waals surface area contributed by atoms with Crippen LogP contribution < -0.4 is 0 Å². The fourth-order valence-corrected chi connectivity index (χ4v) is 3.39. The van der Waals surface area contributed by atoms with Crippen LogP contribution in [-0.2, 0) is 6.54 Å². The highest BCUT2D eigenvalue weighted by atomic mass is 16.6. The number of nitro benzene ring substituents is 2. The second kappa shape index (κ2) is 9.11. The van der Waals surface area contributed by atoms with E-state index in [1.165, 1.54) is 0 Å². The van der Waals surface area contributed by atoms with Crippen LogP contribution in [0.15, 0.2) is 42.5 Å². The molecule has 0 aromatic heterocycles. The highest BCUT2D eigenvalue weighted by molar-refractivity contribution is 5.95. The van der Waals surface area contributed by atoms with Gasteiger partial charge in [0.2, 0.25) is 0 Å². The number of carbonyl (C=O) groups is 1. The predicted molar refractivity (Wildman–Crippen MR) is 107 cm³/mol. The lowest BCUT2D eigenvalue weighted by Gasteiger charge is -2.22. The molecular weight excluding hydrogens is 390 g/mol. The predicted octanol–water partition coefficient (Wildman–Crippen LogP) is 2.72. The molecule has 1 aliphatic heterocycles. The lowest BCUT2D eigenvalue weighted by atomic mass is 10.1. The van der Waals surface area contributed by atoms with Gasteiger partial charge >= 0.3 is 0 Å². The van der Waals surface area contributed by atoms with Crippen LogP contribution in [-0.4, -0.2) is 51.7 Å². The fourth-order valence-electron chi connectivity index (χ4n) is 3.39. The number of nitriles is 1. The summed E-state index contributed by atoms with van der Waals surface area (Å²) in [6.45, 7) is 2.91. The van der Waals surface area contributed by atoms with E-state index in [2.05, 4.69) is 11.0 Å². The molecule has 2 aromatic carbocycles. The Morgan fingerprint density at radius 1 is 0.967 bits per heavy atom. The van der Waals surface area contributed by atoms with E-state index >= 15 is 0 Å². The molecule has 1 amide bonds. The molecule has 1 saturated heterocycles. The first-order chi connectivity index (χ1) is 14.4. The van der Waals surface area contributed by atoms with Gasteiger partial charge in [0, 0.05) is 44.9 Å². The summed E-state index contributed by atoms with van der Waals surface area (Å²) in [6.07, 6.45) is 0.707. The lowest BCUT2D eigenvalue weighted by molar-refractivity contribution is -0.394. The van der Waals surface area contributed by atoms with Gasteiger partial charge in [0.15, 0.2) is 0 Å². The van der Waals surface area contributed by atoms with E-state index in [1.807, 2.05) is 12.1 Å². The topological polar surface area (TPSA) is 134 Å². The Bertz CT molecular complexity index is 983. The van der Waals surface area contributed by atoms with Crippen LogP contribution in [0.25, 0.3) is 0 Å². The van der Waals surface area contributed by atoms with Crippen molar-refractivity contribution in [3.63, 3.8) is 0 Å². The molecule has 154 valence electrons. The monoisotopic (exact) mass is 409 g/mol. The van der Waals surface area contributed by atoms with Gasteiger partial charge in [-0.3, -0.25) is 29.9 Å². The van der Waals surface area contributed by atoms with E-state index in [1.54, 1.807) is 17.0 Å². The third-order valence-corrected chi connectivity index (χ3v) is 4.94. The average molecular weight is 409 g/mol. The van der Waals surface area contributed by atoms with Crippen molar-refractivity contribution in [1.82, 2.24) is 9.80 Å². The number of non-ortho nitro benzene ring substituents is 2. The minimum Gasteiger partial charge on any atom is -0.337 e. The number of amides is 1. The first kappa shape index (κ1) is 20.9. The highest BCUT2D eigenvalue weighted by Crippen LogP contribution is 2.24. The summed E-state index contributed by atoms with van der Waals surface area (Å²) < 4.78 is 0. The number of carbonyl (C=O) groups excluding carboxylic acids is 1. The van der Waals surface area contributed by atoms with Gasteiger partial charge in [-0.15, -0.1) is 0 Å². The van der Waals surface area contributed by atoms with Crippen LogP contribution in [0.4, 0.5) is 11.4 Å². The van der Waals surface area contributed by atoms with Crippen LogP contribution in [0.1, 0.15) is 27.9 Å². The molecule has 0 radical (unpaired) electrons. The maximum Gasteiger partial charge on any atom is 0.277 e. The van der Waals surface area contributed by atoms with Gasteiger partial charge in [-0.1, -0.05) is 12.1 Å².